The number of hydrogen-bond acceptors (Lipinski definition) is 5. The van der Waals surface area contributed by atoms with Gasteiger partial charge in [-0.25, -0.2) is 9.78 Å². The number of aromatic nitrogens is 1. The van der Waals surface area contributed by atoms with E-state index in [0.29, 0.717) is 36.4 Å². The van der Waals surface area contributed by atoms with Crippen LogP contribution in [0.5, 0.6) is 0 Å². The van der Waals surface area contributed by atoms with Gasteiger partial charge in [-0.05, 0) is 76.4 Å². The molecule has 37 heavy (non-hydrogen) atoms. The van der Waals surface area contributed by atoms with E-state index >= 15 is 0 Å². The van der Waals surface area contributed by atoms with E-state index in [-0.39, 0.29) is 17.4 Å². The van der Waals surface area contributed by atoms with E-state index in [1.807, 2.05) is 34.6 Å². The Labute approximate surface area is 220 Å². The number of nitrogens with zero attached hydrogens (tertiary/aromatic N) is 3. The molecule has 2 aromatic rings. The number of fused-ring (bicyclic) bond motifs is 1. The molecule has 0 radical (unpaired) electrons. The normalized spacial score (nSPS) is 20.9. The average molecular weight is 508 g/mol. The number of rotatable bonds is 2. The van der Waals surface area contributed by atoms with E-state index in [1.165, 1.54) is 24.8 Å². The number of pyridine rings is 1. The molecule has 3 aliphatic rings. The number of ether oxygens (including phenoxy) is 1. The second-order valence-corrected chi connectivity index (χ2v) is 13.9. The number of carbonyl (C=O) groups excluding carboxylic acids is 2. The van der Waals surface area contributed by atoms with Gasteiger partial charge >= 0.3 is 6.09 Å². The van der Waals surface area contributed by atoms with Gasteiger partial charge in [-0.1, -0.05) is 33.3 Å². The van der Waals surface area contributed by atoms with Crippen molar-refractivity contribution in [3.05, 3.63) is 35.2 Å². The number of hydrogen-bond donors (Lipinski definition) is 0. The van der Waals surface area contributed by atoms with Crippen LogP contribution < -0.4 is 0 Å². The fraction of sp³-hybridized carbons (Fsp3) is 0.633. The van der Waals surface area contributed by atoms with E-state index in [2.05, 4.69) is 32.9 Å². The summed E-state index contributed by atoms with van der Waals surface area (Å²) in [5, 5.41) is 0. The van der Waals surface area contributed by atoms with Crippen molar-refractivity contribution in [1.29, 1.82) is 0 Å². The number of allylic oxidation sites excluding steroid dienone is 2. The van der Waals surface area contributed by atoms with Crippen LogP contribution in [0.15, 0.2) is 22.6 Å². The maximum absolute atomic E-state index is 13.7. The fourth-order valence-electron chi connectivity index (χ4n) is 5.83. The van der Waals surface area contributed by atoms with E-state index in [9.17, 15) is 9.59 Å². The quantitative estimate of drug-likeness (QED) is 0.460. The lowest BCUT2D eigenvalue weighted by molar-refractivity contribution is -0.0117. The second kappa shape index (κ2) is 8.34. The van der Waals surface area contributed by atoms with E-state index in [1.54, 1.807) is 15.9 Å². The SMILES string of the molecule is CC(C)(C)OC(=O)N1CCN(C(=O)c2cc3nc(C4=CC5(CCC5)C4)cc(C(C)(C)C)c3o2)C(C)(C)C1. The molecule has 7 nitrogen and oxygen atoms in total. The Bertz CT molecular complexity index is 1280. The van der Waals surface area contributed by atoms with Gasteiger partial charge in [-0.2, -0.15) is 0 Å². The van der Waals surface area contributed by atoms with Gasteiger partial charge in [0.15, 0.2) is 11.3 Å². The molecule has 0 N–H and O–H groups in total. The van der Waals surface area contributed by atoms with Crippen LogP contribution >= 0.6 is 0 Å². The van der Waals surface area contributed by atoms with Gasteiger partial charge < -0.3 is 19.0 Å². The Balaban J connectivity index is 1.42. The van der Waals surface area contributed by atoms with Crippen molar-refractivity contribution < 1.29 is 18.7 Å². The molecule has 1 saturated heterocycles. The van der Waals surface area contributed by atoms with Crippen molar-refractivity contribution in [2.75, 3.05) is 19.6 Å². The van der Waals surface area contributed by atoms with Crippen molar-refractivity contribution >= 4 is 28.7 Å². The third kappa shape index (κ3) is 4.77. The van der Waals surface area contributed by atoms with Gasteiger partial charge in [0.25, 0.3) is 5.91 Å². The lowest BCUT2D eigenvalue weighted by Crippen LogP contribution is -2.62. The van der Waals surface area contributed by atoms with Crippen LogP contribution in [0.2, 0.25) is 0 Å². The summed E-state index contributed by atoms with van der Waals surface area (Å²) in [6.45, 7) is 17.2. The number of carbonyl (C=O) groups is 2. The van der Waals surface area contributed by atoms with E-state index in [0.717, 1.165) is 23.2 Å². The summed E-state index contributed by atoms with van der Waals surface area (Å²) in [4.78, 5) is 34.8. The summed E-state index contributed by atoms with van der Waals surface area (Å²) in [6, 6.07) is 3.95. The molecule has 200 valence electrons. The smallest absolute Gasteiger partial charge is 0.410 e. The van der Waals surface area contributed by atoms with Crippen LogP contribution in [0.25, 0.3) is 16.7 Å². The lowest BCUT2D eigenvalue weighted by atomic mass is 9.58. The first-order chi connectivity index (χ1) is 17.1. The maximum Gasteiger partial charge on any atom is 0.410 e. The molecule has 2 amide bonds. The van der Waals surface area contributed by atoms with Crippen molar-refractivity contribution in [2.24, 2.45) is 5.41 Å². The van der Waals surface area contributed by atoms with Gasteiger partial charge in [0.1, 0.15) is 11.1 Å². The van der Waals surface area contributed by atoms with E-state index < -0.39 is 11.1 Å². The summed E-state index contributed by atoms with van der Waals surface area (Å²) < 4.78 is 11.8. The molecule has 2 fully saturated rings. The summed E-state index contributed by atoms with van der Waals surface area (Å²) in [5.41, 5.74) is 3.90. The molecule has 0 atom stereocenters. The minimum Gasteiger partial charge on any atom is -0.449 e. The topological polar surface area (TPSA) is 75.9 Å². The van der Waals surface area contributed by atoms with E-state index in [4.69, 9.17) is 14.1 Å². The maximum atomic E-state index is 13.7. The summed E-state index contributed by atoms with van der Waals surface area (Å²) >= 11 is 0. The van der Waals surface area contributed by atoms with Crippen LogP contribution in [0.4, 0.5) is 4.79 Å². The average Bonchev–Trinajstić information content (AvgIpc) is 3.12. The Morgan fingerprint density at radius 3 is 2.27 bits per heavy atom. The zero-order chi connectivity index (χ0) is 27.0. The van der Waals surface area contributed by atoms with Gasteiger partial charge in [-0.3, -0.25) is 4.79 Å². The molecule has 7 heteroatoms. The Kier molecular flexibility index (Phi) is 5.81. The highest BCUT2D eigenvalue weighted by atomic mass is 16.6. The highest BCUT2D eigenvalue weighted by Gasteiger charge is 2.43. The standard InChI is InChI=1S/C30H41N3O4/c1-27(2,3)20-14-21(19-16-30(17-19)10-9-11-30)31-22-15-23(36-24(20)22)25(34)33-13-12-32(18-29(33,7)8)26(35)37-28(4,5)6/h14-16H,9-13,17-18H2,1-8H3. The summed E-state index contributed by atoms with van der Waals surface area (Å²) in [7, 11) is 0. The first-order valence-corrected chi connectivity index (χ1v) is 13.5. The number of furan rings is 1. The van der Waals surface area contributed by atoms with Crippen LogP contribution in [0.1, 0.15) is 103 Å². The van der Waals surface area contributed by atoms with Crippen molar-refractivity contribution in [3.63, 3.8) is 0 Å². The monoisotopic (exact) mass is 507 g/mol. The van der Waals surface area contributed by atoms with Crippen LogP contribution in [0.3, 0.4) is 0 Å². The van der Waals surface area contributed by atoms with Crippen LogP contribution in [-0.4, -0.2) is 57.6 Å². The molecule has 0 unspecified atom stereocenters. The highest BCUT2D eigenvalue weighted by molar-refractivity contribution is 5.97. The van der Waals surface area contributed by atoms with Crippen LogP contribution in [-0.2, 0) is 10.2 Å². The minimum absolute atomic E-state index is 0.162. The van der Waals surface area contributed by atoms with Gasteiger partial charge in [-0.15, -0.1) is 0 Å². The third-order valence-corrected chi connectivity index (χ3v) is 8.00. The predicted molar refractivity (Wildman–Crippen MR) is 145 cm³/mol. The zero-order valence-electron chi connectivity index (χ0n) is 23.7. The molecule has 0 aromatic carbocycles. The second-order valence-electron chi connectivity index (χ2n) is 13.9. The molecule has 1 aliphatic heterocycles. The van der Waals surface area contributed by atoms with Crippen molar-refractivity contribution in [3.8, 4) is 0 Å². The molecule has 1 saturated carbocycles. The minimum atomic E-state index is -0.579. The molecule has 1 spiro atoms. The fourth-order valence-corrected chi connectivity index (χ4v) is 5.83. The Hall–Kier alpha value is -2.83. The third-order valence-electron chi connectivity index (χ3n) is 8.00. The molecular formula is C30H41N3O4. The molecule has 0 bridgehead atoms. The van der Waals surface area contributed by atoms with Crippen molar-refractivity contribution in [2.45, 2.75) is 97.6 Å². The predicted octanol–water partition coefficient (Wildman–Crippen LogP) is 6.55. The van der Waals surface area contributed by atoms with Gasteiger partial charge in [0, 0.05) is 31.3 Å². The molecular weight excluding hydrogens is 466 g/mol. The summed E-state index contributed by atoms with van der Waals surface area (Å²) in [5.74, 6) is 0.117. The molecule has 2 aliphatic carbocycles. The molecule has 2 aromatic heterocycles. The summed E-state index contributed by atoms with van der Waals surface area (Å²) in [6.07, 6.45) is 7.04. The van der Waals surface area contributed by atoms with Gasteiger partial charge in [0.05, 0.1) is 11.2 Å². The Morgan fingerprint density at radius 2 is 1.73 bits per heavy atom. The lowest BCUT2D eigenvalue weighted by Gasteiger charge is -2.47. The zero-order valence-corrected chi connectivity index (χ0v) is 23.7. The Morgan fingerprint density at radius 1 is 1.05 bits per heavy atom. The largest absolute Gasteiger partial charge is 0.449 e. The molecule has 5 rings (SSSR count). The first kappa shape index (κ1) is 25.8. The number of amides is 2. The first-order valence-electron chi connectivity index (χ1n) is 13.5. The molecule has 3 heterocycles. The highest BCUT2D eigenvalue weighted by Crippen LogP contribution is 2.56. The van der Waals surface area contributed by atoms with Crippen molar-refractivity contribution in [1.82, 2.24) is 14.8 Å². The number of piperazine rings is 1. The van der Waals surface area contributed by atoms with Gasteiger partial charge in [0.2, 0.25) is 0 Å². The van der Waals surface area contributed by atoms with Crippen LogP contribution in [0, 0.1) is 5.41 Å².